The Hall–Kier alpha value is -2.53. The van der Waals surface area contributed by atoms with Crippen LogP contribution >= 0.6 is 15.9 Å². The summed E-state index contributed by atoms with van der Waals surface area (Å²) in [5, 5.41) is 6.40. The number of benzene rings is 2. The van der Waals surface area contributed by atoms with Crippen molar-refractivity contribution in [3.05, 3.63) is 83.0 Å². The summed E-state index contributed by atoms with van der Waals surface area (Å²) >= 11 is 3.60. The van der Waals surface area contributed by atoms with Crippen LogP contribution in [0.5, 0.6) is 0 Å². The van der Waals surface area contributed by atoms with Gasteiger partial charge in [0.05, 0.1) is 0 Å². The molecule has 1 aliphatic rings. The molecule has 0 radical (unpaired) electrons. The third kappa shape index (κ3) is 6.99. The number of likely N-dealkylation sites (tertiary alicyclic amines) is 1. The number of carbonyl (C=O) groups is 1. The van der Waals surface area contributed by atoms with Crippen LogP contribution in [0, 0.1) is 11.8 Å². The highest BCUT2D eigenvalue weighted by Crippen LogP contribution is 2.33. The number of anilines is 1. The number of hydrogen-bond donors (Lipinski definition) is 2. The lowest BCUT2D eigenvalue weighted by Gasteiger charge is -2.38. The molecular formula is C27H34BrN3O. The third-order valence-corrected chi connectivity index (χ3v) is 6.33. The smallest absolute Gasteiger partial charge is 0.220 e. The molecule has 2 N–H and O–H groups in total. The summed E-state index contributed by atoms with van der Waals surface area (Å²) in [7, 11) is 0. The summed E-state index contributed by atoms with van der Waals surface area (Å²) in [6.07, 6.45) is 2.23. The SMILES string of the molecule is C=C(CCC(=O)NCc1ccccc1)Nc1ccc(Br)cc1C(=C)N1C[C@H](C)C[C@H](C)C1. The van der Waals surface area contributed by atoms with Gasteiger partial charge < -0.3 is 15.5 Å². The Kier molecular flexibility index (Phi) is 8.57. The molecule has 0 saturated carbocycles. The lowest BCUT2D eigenvalue weighted by molar-refractivity contribution is -0.121. The van der Waals surface area contributed by atoms with Gasteiger partial charge in [0.25, 0.3) is 0 Å². The Morgan fingerprint density at radius 1 is 1.06 bits per heavy atom. The second-order valence-corrected chi connectivity index (χ2v) is 9.89. The van der Waals surface area contributed by atoms with Gasteiger partial charge in [0.1, 0.15) is 0 Å². The van der Waals surface area contributed by atoms with Crippen LogP contribution in [-0.4, -0.2) is 23.9 Å². The van der Waals surface area contributed by atoms with E-state index < -0.39 is 0 Å². The number of nitrogens with zero attached hydrogens (tertiary/aromatic N) is 1. The average molecular weight is 496 g/mol. The van der Waals surface area contributed by atoms with Crippen molar-refractivity contribution in [3.8, 4) is 0 Å². The highest BCUT2D eigenvalue weighted by atomic mass is 79.9. The summed E-state index contributed by atoms with van der Waals surface area (Å²) in [6, 6.07) is 16.1. The van der Waals surface area contributed by atoms with Crippen molar-refractivity contribution in [1.29, 1.82) is 0 Å². The molecule has 0 bridgehead atoms. The first kappa shape index (κ1) is 24.1. The molecule has 170 valence electrons. The Bertz CT molecular complexity index is 947. The van der Waals surface area contributed by atoms with Crippen LogP contribution in [0.25, 0.3) is 5.70 Å². The van der Waals surface area contributed by atoms with Crippen LogP contribution in [0.1, 0.15) is 44.2 Å². The number of nitrogens with one attached hydrogen (secondary N) is 2. The normalized spacial score (nSPS) is 18.2. The molecule has 5 heteroatoms. The van der Waals surface area contributed by atoms with Gasteiger partial charge >= 0.3 is 0 Å². The molecule has 0 spiro atoms. The maximum absolute atomic E-state index is 12.3. The van der Waals surface area contributed by atoms with Gasteiger partial charge in [0, 0.05) is 53.2 Å². The molecule has 1 saturated heterocycles. The van der Waals surface area contributed by atoms with E-state index in [1.807, 2.05) is 42.5 Å². The molecule has 1 amide bonds. The fraction of sp³-hybridized carbons (Fsp3) is 0.370. The lowest BCUT2D eigenvalue weighted by atomic mass is 9.91. The van der Waals surface area contributed by atoms with Gasteiger partial charge in [0.15, 0.2) is 0 Å². The number of piperidine rings is 1. The summed E-state index contributed by atoms with van der Waals surface area (Å²) in [5.41, 5.74) is 4.98. The maximum Gasteiger partial charge on any atom is 0.220 e. The zero-order chi connectivity index (χ0) is 23.1. The Morgan fingerprint density at radius 2 is 1.75 bits per heavy atom. The number of rotatable bonds is 9. The quantitative estimate of drug-likeness (QED) is 0.421. The van der Waals surface area contributed by atoms with Crippen molar-refractivity contribution in [2.45, 2.75) is 39.7 Å². The van der Waals surface area contributed by atoms with Crippen molar-refractivity contribution in [2.75, 3.05) is 18.4 Å². The topological polar surface area (TPSA) is 44.4 Å². The van der Waals surface area contributed by atoms with E-state index in [9.17, 15) is 4.79 Å². The number of amides is 1. The van der Waals surface area contributed by atoms with Gasteiger partial charge in [-0.1, -0.05) is 73.3 Å². The average Bonchev–Trinajstić information content (AvgIpc) is 2.77. The first-order valence-corrected chi connectivity index (χ1v) is 12.1. The van der Waals surface area contributed by atoms with E-state index in [0.717, 1.165) is 45.8 Å². The monoisotopic (exact) mass is 495 g/mol. The van der Waals surface area contributed by atoms with Crippen LogP contribution in [0.4, 0.5) is 5.69 Å². The Morgan fingerprint density at radius 3 is 2.44 bits per heavy atom. The second kappa shape index (κ2) is 11.4. The second-order valence-electron chi connectivity index (χ2n) is 8.98. The van der Waals surface area contributed by atoms with Crippen molar-refractivity contribution in [3.63, 3.8) is 0 Å². The summed E-state index contributed by atoms with van der Waals surface area (Å²) in [6.45, 7) is 15.8. The van der Waals surface area contributed by atoms with Crippen molar-refractivity contribution in [1.82, 2.24) is 10.2 Å². The molecule has 0 aliphatic carbocycles. The van der Waals surface area contributed by atoms with Crippen LogP contribution in [0.3, 0.4) is 0 Å². The molecule has 1 aliphatic heterocycles. The fourth-order valence-electron chi connectivity index (χ4n) is 4.32. The van der Waals surface area contributed by atoms with Crippen LogP contribution in [0.2, 0.25) is 0 Å². The minimum absolute atomic E-state index is 0.0218. The summed E-state index contributed by atoms with van der Waals surface area (Å²) < 4.78 is 1.02. The van der Waals surface area contributed by atoms with Crippen molar-refractivity contribution in [2.24, 2.45) is 11.8 Å². The van der Waals surface area contributed by atoms with Gasteiger partial charge in [-0.05, 0) is 48.4 Å². The number of halogens is 1. The van der Waals surface area contributed by atoms with Gasteiger partial charge in [-0.3, -0.25) is 4.79 Å². The predicted molar refractivity (Wildman–Crippen MR) is 138 cm³/mol. The Labute approximate surface area is 200 Å². The van der Waals surface area contributed by atoms with Gasteiger partial charge in [-0.15, -0.1) is 0 Å². The first-order valence-electron chi connectivity index (χ1n) is 11.3. The molecule has 3 rings (SSSR count). The molecule has 1 heterocycles. The number of allylic oxidation sites excluding steroid dienone is 1. The lowest BCUT2D eigenvalue weighted by Crippen LogP contribution is -2.37. The first-order chi connectivity index (χ1) is 15.3. The molecule has 4 nitrogen and oxygen atoms in total. The van der Waals surface area contributed by atoms with Crippen LogP contribution in [0.15, 0.2) is 71.9 Å². The van der Waals surface area contributed by atoms with E-state index in [-0.39, 0.29) is 5.91 Å². The zero-order valence-corrected chi connectivity index (χ0v) is 20.7. The van der Waals surface area contributed by atoms with E-state index in [2.05, 4.69) is 64.5 Å². The maximum atomic E-state index is 12.3. The van der Waals surface area contributed by atoms with Gasteiger partial charge in [0.2, 0.25) is 5.91 Å². The van der Waals surface area contributed by atoms with E-state index in [4.69, 9.17) is 0 Å². The summed E-state index contributed by atoms with van der Waals surface area (Å²) in [4.78, 5) is 14.6. The number of hydrogen-bond acceptors (Lipinski definition) is 3. The zero-order valence-electron chi connectivity index (χ0n) is 19.2. The van der Waals surface area contributed by atoms with Crippen LogP contribution < -0.4 is 10.6 Å². The fourth-order valence-corrected chi connectivity index (χ4v) is 4.68. The van der Waals surface area contributed by atoms with Gasteiger partial charge in [-0.2, -0.15) is 0 Å². The third-order valence-electron chi connectivity index (χ3n) is 5.84. The minimum Gasteiger partial charge on any atom is -0.371 e. The Balaban J connectivity index is 1.57. The molecule has 0 aromatic heterocycles. The minimum atomic E-state index is 0.0218. The molecule has 32 heavy (non-hydrogen) atoms. The molecule has 2 atom stereocenters. The van der Waals surface area contributed by atoms with E-state index >= 15 is 0 Å². The molecule has 0 unspecified atom stereocenters. The van der Waals surface area contributed by atoms with E-state index in [0.29, 0.717) is 31.2 Å². The molecule has 2 aromatic carbocycles. The van der Waals surface area contributed by atoms with Crippen molar-refractivity contribution >= 4 is 33.2 Å². The van der Waals surface area contributed by atoms with E-state index in [1.165, 1.54) is 6.42 Å². The molecular weight excluding hydrogens is 462 g/mol. The summed E-state index contributed by atoms with van der Waals surface area (Å²) in [5.74, 6) is 1.33. The molecule has 2 aromatic rings. The highest BCUT2D eigenvalue weighted by Gasteiger charge is 2.24. The largest absolute Gasteiger partial charge is 0.371 e. The van der Waals surface area contributed by atoms with Crippen molar-refractivity contribution < 1.29 is 4.79 Å². The van der Waals surface area contributed by atoms with E-state index in [1.54, 1.807) is 0 Å². The van der Waals surface area contributed by atoms with Crippen LogP contribution in [-0.2, 0) is 11.3 Å². The standard InChI is InChI=1S/C27H34BrN3O/c1-19-14-20(2)18-31(17-19)22(4)25-15-24(28)11-12-26(25)30-21(3)10-13-27(32)29-16-23-8-6-5-7-9-23/h5-9,11-12,15,19-20,30H,3-4,10,13-14,16-18H2,1-2H3,(H,29,32)/t19-,20+. The highest BCUT2D eigenvalue weighted by molar-refractivity contribution is 9.10. The van der Waals surface area contributed by atoms with Gasteiger partial charge in [-0.25, -0.2) is 0 Å². The molecule has 1 fully saturated rings. The predicted octanol–water partition coefficient (Wildman–Crippen LogP) is 6.42. The number of carbonyl (C=O) groups excluding carboxylic acids is 1.